The van der Waals surface area contributed by atoms with Crippen molar-refractivity contribution in [2.75, 3.05) is 13.7 Å². The molecule has 196 valence electrons. The van der Waals surface area contributed by atoms with E-state index in [1.165, 1.54) is 0 Å². The van der Waals surface area contributed by atoms with E-state index >= 15 is 0 Å². The SMILES string of the molecule is C.CO[C@@H]([C@@H]1CCCN1)[C@@H](C)C(=O)C[C@@H](Cc1c[nH]c2ccccc12)C(N)=O.O=C(O)C(F)(F)F. The van der Waals surface area contributed by atoms with E-state index in [4.69, 9.17) is 20.4 Å². The molecule has 8 nitrogen and oxygen atoms in total. The van der Waals surface area contributed by atoms with E-state index in [-0.39, 0.29) is 37.7 Å². The molecule has 0 saturated carbocycles. The van der Waals surface area contributed by atoms with Gasteiger partial charge in [0.15, 0.2) is 0 Å². The number of hydrogen-bond donors (Lipinski definition) is 4. The minimum absolute atomic E-state index is 0. The van der Waals surface area contributed by atoms with Crippen LogP contribution in [0, 0.1) is 11.8 Å². The number of H-pyrrole nitrogens is 1. The number of carboxylic acids is 1. The van der Waals surface area contributed by atoms with Crippen LogP contribution < -0.4 is 11.1 Å². The zero-order valence-electron chi connectivity index (χ0n) is 19.0. The minimum Gasteiger partial charge on any atom is -0.475 e. The van der Waals surface area contributed by atoms with Gasteiger partial charge in [-0.3, -0.25) is 9.59 Å². The Bertz CT molecular complexity index is 986. The highest BCUT2D eigenvalue weighted by Crippen LogP contribution is 2.25. The van der Waals surface area contributed by atoms with Crippen molar-refractivity contribution in [2.24, 2.45) is 17.6 Å². The number of Topliss-reactive ketones (excluding diaryl/α,β-unsaturated/α-hetero) is 1. The van der Waals surface area contributed by atoms with Gasteiger partial charge in [0, 0.05) is 48.5 Å². The van der Waals surface area contributed by atoms with Crippen LogP contribution in [0.2, 0.25) is 0 Å². The van der Waals surface area contributed by atoms with Crippen LogP contribution in [-0.2, 0) is 25.5 Å². The number of carbonyl (C=O) groups excluding carboxylic acids is 2. The standard InChI is InChI=1S/C21H29N3O3.C2HF3O2.CH4/c1-13(20(27-2)18-8-5-9-23-18)19(25)11-14(21(22)26)10-15-12-24-17-7-4-3-6-16(15)17;3-2(4,5)1(6)7;/h3-4,6-7,12-14,18,20,23-24H,5,8-11H2,1-2H3,(H2,22,26);(H,6,7);1H4/t13-,14+,18-,20+;;/m0../s1. The first kappa shape index (κ1) is 30.1. The highest BCUT2D eigenvalue weighted by molar-refractivity contribution is 5.89. The first-order valence-corrected chi connectivity index (χ1v) is 10.9. The second kappa shape index (κ2) is 13.2. The van der Waals surface area contributed by atoms with Crippen LogP contribution in [0.5, 0.6) is 0 Å². The molecule has 2 aromatic rings. The number of fused-ring (bicyclic) bond motifs is 1. The minimum atomic E-state index is -5.08. The van der Waals surface area contributed by atoms with E-state index in [1.54, 1.807) is 7.11 Å². The number of rotatable bonds is 9. The number of ketones is 1. The number of aliphatic carboxylic acids is 1. The van der Waals surface area contributed by atoms with Crippen molar-refractivity contribution < 1.29 is 37.4 Å². The van der Waals surface area contributed by atoms with Crippen molar-refractivity contribution in [2.45, 2.75) is 58.4 Å². The summed E-state index contributed by atoms with van der Waals surface area (Å²) in [6.45, 7) is 2.84. The normalized spacial score (nSPS) is 18.0. The quantitative estimate of drug-likeness (QED) is 0.416. The van der Waals surface area contributed by atoms with Gasteiger partial charge in [0.1, 0.15) is 5.78 Å². The molecule has 1 aliphatic rings. The number of benzene rings is 1. The number of nitrogens with one attached hydrogen (secondary N) is 2. The molecule has 3 rings (SSSR count). The topological polar surface area (TPSA) is 135 Å². The largest absolute Gasteiger partial charge is 0.490 e. The third kappa shape index (κ3) is 8.36. The second-order valence-electron chi connectivity index (χ2n) is 8.33. The predicted octanol–water partition coefficient (Wildman–Crippen LogP) is 3.44. The number of nitrogens with two attached hydrogens (primary N) is 1. The van der Waals surface area contributed by atoms with Gasteiger partial charge in [-0.15, -0.1) is 0 Å². The molecule has 1 amide bonds. The average Bonchev–Trinajstić information content (AvgIpc) is 3.44. The summed E-state index contributed by atoms with van der Waals surface area (Å²) in [6, 6.07) is 8.11. The van der Waals surface area contributed by atoms with Crippen molar-refractivity contribution in [3.8, 4) is 0 Å². The van der Waals surface area contributed by atoms with Crippen LogP contribution in [0.15, 0.2) is 30.5 Å². The monoisotopic (exact) mass is 501 g/mol. The van der Waals surface area contributed by atoms with Crippen LogP contribution in [0.4, 0.5) is 13.2 Å². The summed E-state index contributed by atoms with van der Waals surface area (Å²) in [7, 11) is 1.64. The number of primary amides is 1. The van der Waals surface area contributed by atoms with E-state index in [0.717, 1.165) is 35.9 Å². The van der Waals surface area contributed by atoms with Gasteiger partial charge in [0.2, 0.25) is 5.91 Å². The Balaban J connectivity index is 0.000000672. The number of amides is 1. The molecule has 2 heterocycles. The molecular formula is C24H34F3N3O5. The number of methoxy groups -OCH3 is 1. The lowest BCUT2D eigenvalue weighted by Gasteiger charge is -2.28. The third-order valence-electron chi connectivity index (χ3n) is 6.00. The van der Waals surface area contributed by atoms with Gasteiger partial charge in [0.25, 0.3) is 0 Å². The summed E-state index contributed by atoms with van der Waals surface area (Å²) in [5.41, 5.74) is 7.66. The van der Waals surface area contributed by atoms with Gasteiger partial charge in [-0.2, -0.15) is 13.2 Å². The summed E-state index contributed by atoms with van der Waals surface area (Å²) in [6.07, 6.45) is -0.670. The van der Waals surface area contributed by atoms with Crippen molar-refractivity contribution >= 4 is 28.6 Å². The lowest BCUT2D eigenvalue weighted by atomic mass is 9.85. The van der Waals surface area contributed by atoms with Crippen molar-refractivity contribution in [3.05, 3.63) is 36.0 Å². The third-order valence-corrected chi connectivity index (χ3v) is 6.00. The summed E-state index contributed by atoms with van der Waals surface area (Å²) < 4.78 is 37.4. The smallest absolute Gasteiger partial charge is 0.475 e. The van der Waals surface area contributed by atoms with Crippen LogP contribution in [0.1, 0.15) is 39.2 Å². The van der Waals surface area contributed by atoms with Crippen molar-refractivity contribution in [3.63, 3.8) is 0 Å². The molecule has 4 atom stereocenters. The maximum absolute atomic E-state index is 12.9. The Hall–Kier alpha value is -2.92. The Labute approximate surface area is 202 Å². The molecule has 1 saturated heterocycles. The highest BCUT2D eigenvalue weighted by Gasteiger charge is 2.38. The number of aromatic nitrogens is 1. The van der Waals surface area contributed by atoms with Crippen LogP contribution in [0.25, 0.3) is 10.9 Å². The average molecular weight is 502 g/mol. The first-order chi connectivity index (χ1) is 16.0. The second-order valence-corrected chi connectivity index (χ2v) is 8.33. The number of para-hydroxylation sites is 1. The predicted molar refractivity (Wildman–Crippen MR) is 126 cm³/mol. The molecule has 1 aromatic heterocycles. The fourth-order valence-corrected chi connectivity index (χ4v) is 4.16. The maximum Gasteiger partial charge on any atom is 0.490 e. The van der Waals surface area contributed by atoms with Gasteiger partial charge >= 0.3 is 12.1 Å². The van der Waals surface area contributed by atoms with E-state index in [9.17, 15) is 22.8 Å². The Kier molecular flexibility index (Phi) is 11.4. The number of halogens is 3. The molecule has 0 spiro atoms. The first-order valence-electron chi connectivity index (χ1n) is 10.9. The molecule has 0 unspecified atom stereocenters. The Morgan fingerprint density at radius 1 is 1.26 bits per heavy atom. The summed E-state index contributed by atoms with van der Waals surface area (Å²) in [5.74, 6) is -3.97. The maximum atomic E-state index is 12.9. The Morgan fingerprint density at radius 3 is 2.40 bits per heavy atom. The van der Waals surface area contributed by atoms with E-state index in [2.05, 4.69) is 10.3 Å². The van der Waals surface area contributed by atoms with Gasteiger partial charge in [-0.25, -0.2) is 4.79 Å². The van der Waals surface area contributed by atoms with Gasteiger partial charge in [-0.1, -0.05) is 32.5 Å². The van der Waals surface area contributed by atoms with E-state index < -0.39 is 24.0 Å². The fraction of sp³-hybridized carbons (Fsp3) is 0.542. The fourth-order valence-electron chi connectivity index (χ4n) is 4.16. The summed E-state index contributed by atoms with van der Waals surface area (Å²) >= 11 is 0. The molecule has 1 aromatic carbocycles. The number of ether oxygens (including phenoxy) is 1. The summed E-state index contributed by atoms with van der Waals surface area (Å²) in [5, 5.41) is 11.6. The zero-order chi connectivity index (χ0) is 25.5. The molecular weight excluding hydrogens is 467 g/mol. The van der Waals surface area contributed by atoms with Gasteiger partial charge < -0.3 is 25.9 Å². The molecule has 0 bridgehead atoms. The van der Waals surface area contributed by atoms with Crippen LogP contribution in [0.3, 0.4) is 0 Å². The number of alkyl halides is 3. The van der Waals surface area contributed by atoms with E-state index in [1.807, 2.05) is 37.4 Å². The highest BCUT2D eigenvalue weighted by atomic mass is 19.4. The molecule has 0 aliphatic carbocycles. The lowest BCUT2D eigenvalue weighted by Crippen LogP contribution is -2.44. The van der Waals surface area contributed by atoms with Crippen LogP contribution >= 0.6 is 0 Å². The number of aromatic amines is 1. The number of hydrogen-bond acceptors (Lipinski definition) is 5. The number of carbonyl (C=O) groups is 3. The molecule has 5 N–H and O–H groups in total. The molecule has 1 fully saturated rings. The summed E-state index contributed by atoms with van der Waals surface area (Å²) in [4.78, 5) is 37.0. The van der Waals surface area contributed by atoms with E-state index in [0.29, 0.717) is 6.42 Å². The molecule has 35 heavy (non-hydrogen) atoms. The van der Waals surface area contributed by atoms with Crippen molar-refractivity contribution in [1.29, 1.82) is 0 Å². The van der Waals surface area contributed by atoms with Gasteiger partial charge in [-0.05, 0) is 37.4 Å². The zero-order valence-corrected chi connectivity index (χ0v) is 19.0. The Morgan fingerprint density at radius 2 is 1.89 bits per heavy atom. The lowest BCUT2D eigenvalue weighted by molar-refractivity contribution is -0.192. The van der Waals surface area contributed by atoms with Crippen molar-refractivity contribution in [1.82, 2.24) is 10.3 Å². The molecule has 1 aliphatic heterocycles. The number of carboxylic acid groups (broad SMARTS) is 1. The van der Waals surface area contributed by atoms with Crippen LogP contribution in [-0.4, -0.2) is 59.7 Å². The van der Waals surface area contributed by atoms with Gasteiger partial charge in [0.05, 0.1) is 6.10 Å². The molecule has 0 radical (unpaired) electrons. The molecule has 11 heteroatoms.